The number of rotatable bonds is 10. The molecule has 0 atom stereocenters. The van der Waals surface area contributed by atoms with Crippen molar-refractivity contribution in [3.8, 4) is 11.5 Å². The number of benzene rings is 2. The lowest BCUT2D eigenvalue weighted by atomic mass is 10.2. The first-order valence-electron chi connectivity index (χ1n) is 9.14. The zero-order valence-corrected chi connectivity index (χ0v) is 17.0. The maximum absolute atomic E-state index is 12.4. The van der Waals surface area contributed by atoms with E-state index < -0.39 is 10.8 Å². The molecule has 0 saturated heterocycles. The molecule has 2 amide bonds. The fourth-order valence-corrected chi connectivity index (χ4v) is 2.68. The molecule has 0 saturated carbocycles. The number of carbonyl (C=O) groups excluding carboxylic acids is 2. The van der Waals surface area contributed by atoms with Crippen molar-refractivity contribution in [2.75, 3.05) is 44.5 Å². The van der Waals surface area contributed by atoms with Crippen LogP contribution < -0.4 is 20.1 Å². The number of methoxy groups -OCH3 is 2. The average molecular weight is 416 g/mol. The lowest BCUT2D eigenvalue weighted by Crippen LogP contribution is -2.38. The van der Waals surface area contributed by atoms with Crippen LogP contribution in [-0.4, -0.2) is 55.5 Å². The van der Waals surface area contributed by atoms with Gasteiger partial charge in [-0.2, -0.15) is 0 Å². The molecule has 2 aromatic carbocycles. The van der Waals surface area contributed by atoms with Gasteiger partial charge in [0.05, 0.1) is 37.9 Å². The number of nitro benzene ring substituents is 1. The smallest absolute Gasteiger partial charge is 0.271 e. The second-order valence-corrected chi connectivity index (χ2v) is 6.27. The van der Waals surface area contributed by atoms with E-state index in [9.17, 15) is 19.7 Å². The maximum atomic E-state index is 12.4. The lowest BCUT2D eigenvalue weighted by molar-refractivity contribution is -0.384. The van der Waals surface area contributed by atoms with Crippen LogP contribution >= 0.6 is 0 Å². The number of nitrogens with zero attached hydrogens (tertiary/aromatic N) is 2. The molecule has 2 N–H and O–H groups in total. The van der Waals surface area contributed by atoms with E-state index in [2.05, 4.69) is 10.6 Å². The van der Waals surface area contributed by atoms with Crippen LogP contribution in [0.4, 0.5) is 17.1 Å². The van der Waals surface area contributed by atoms with Gasteiger partial charge in [0.25, 0.3) is 5.69 Å². The van der Waals surface area contributed by atoms with Crippen molar-refractivity contribution < 1.29 is 24.0 Å². The van der Waals surface area contributed by atoms with E-state index in [0.717, 1.165) is 0 Å². The van der Waals surface area contributed by atoms with E-state index in [1.54, 1.807) is 29.2 Å². The maximum Gasteiger partial charge on any atom is 0.271 e. The van der Waals surface area contributed by atoms with Crippen molar-refractivity contribution in [2.45, 2.75) is 6.92 Å². The van der Waals surface area contributed by atoms with Crippen molar-refractivity contribution in [1.82, 2.24) is 4.90 Å². The Labute approximate surface area is 173 Å². The third-order valence-corrected chi connectivity index (χ3v) is 4.20. The van der Waals surface area contributed by atoms with Crippen LogP contribution in [0.1, 0.15) is 6.92 Å². The molecule has 10 heteroatoms. The van der Waals surface area contributed by atoms with Crippen LogP contribution in [0.5, 0.6) is 11.5 Å². The van der Waals surface area contributed by atoms with Gasteiger partial charge >= 0.3 is 0 Å². The van der Waals surface area contributed by atoms with Crippen LogP contribution in [0.25, 0.3) is 0 Å². The number of non-ortho nitro benzene ring substituents is 1. The summed E-state index contributed by atoms with van der Waals surface area (Å²) in [5.74, 6) is 0.203. The summed E-state index contributed by atoms with van der Waals surface area (Å²) < 4.78 is 10.3. The number of ether oxygens (including phenoxy) is 2. The summed E-state index contributed by atoms with van der Waals surface area (Å²) in [5, 5.41) is 16.3. The Bertz CT molecular complexity index is 918. The SMILES string of the molecule is CCN(CC(=O)Nc1cccc(OC)c1)CC(=O)Nc1cc([N+](=O)[O-])ccc1OC. The Morgan fingerprint density at radius 2 is 1.73 bits per heavy atom. The van der Waals surface area contributed by atoms with Crippen LogP contribution in [0, 0.1) is 10.1 Å². The largest absolute Gasteiger partial charge is 0.497 e. The van der Waals surface area contributed by atoms with E-state index >= 15 is 0 Å². The quantitative estimate of drug-likeness (QED) is 0.451. The van der Waals surface area contributed by atoms with Crippen LogP contribution in [0.3, 0.4) is 0 Å². The van der Waals surface area contributed by atoms with Gasteiger partial charge in [0.15, 0.2) is 0 Å². The van der Waals surface area contributed by atoms with E-state index in [1.165, 1.54) is 32.4 Å². The third kappa shape index (κ3) is 6.45. The van der Waals surface area contributed by atoms with Crippen molar-refractivity contribution in [1.29, 1.82) is 0 Å². The lowest BCUT2D eigenvalue weighted by Gasteiger charge is -2.20. The summed E-state index contributed by atoms with van der Waals surface area (Å²) in [5.41, 5.74) is 0.603. The number of nitro groups is 1. The summed E-state index contributed by atoms with van der Waals surface area (Å²) in [6.07, 6.45) is 0. The van der Waals surface area contributed by atoms with E-state index in [-0.39, 0.29) is 30.4 Å². The number of carbonyl (C=O) groups is 2. The molecule has 160 valence electrons. The summed E-state index contributed by atoms with van der Waals surface area (Å²) in [6, 6.07) is 10.9. The first-order valence-corrected chi connectivity index (χ1v) is 9.14. The third-order valence-electron chi connectivity index (χ3n) is 4.20. The molecule has 10 nitrogen and oxygen atoms in total. The highest BCUT2D eigenvalue weighted by Gasteiger charge is 2.17. The minimum Gasteiger partial charge on any atom is -0.497 e. The highest BCUT2D eigenvalue weighted by molar-refractivity contribution is 5.95. The standard InChI is InChI=1S/C20H24N4O6/c1-4-23(12-19(25)21-14-6-5-7-16(10-14)29-2)13-20(26)22-17-11-15(24(27)28)8-9-18(17)30-3/h5-11H,4,12-13H2,1-3H3,(H,21,25)(H,22,26). The van der Waals surface area contributed by atoms with Crippen molar-refractivity contribution in [3.63, 3.8) is 0 Å². The van der Waals surface area contributed by atoms with Gasteiger partial charge in [-0.15, -0.1) is 0 Å². The monoisotopic (exact) mass is 416 g/mol. The van der Waals surface area contributed by atoms with Gasteiger partial charge in [-0.1, -0.05) is 13.0 Å². The molecular formula is C20H24N4O6. The molecule has 0 unspecified atom stereocenters. The van der Waals surface area contributed by atoms with Gasteiger partial charge in [0, 0.05) is 23.9 Å². The zero-order chi connectivity index (χ0) is 22.1. The van der Waals surface area contributed by atoms with Crippen LogP contribution in [0.2, 0.25) is 0 Å². The summed E-state index contributed by atoms with van der Waals surface area (Å²) >= 11 is 0. The molecule has 2 rings (SSSR count). The van der Waals surface area contributed by atoms with Gasteiger partial charge in [-0.3, -0.25) is 24.6 Å². The predicted octanol–water partition coefficient (Wildman–Crippen LogP) is 2.51. The number of hydrogen-bond acceptors (Lipinski definition) is 7. The molecule has 0 radical (unpaired) electrons. The normalized spacial score (nSPS) is 10.4. The van der Waals surface area contributed by atoms with Gasteiger partial charge in [-0.25, -0.2) is 0 Å². The minimum atomic E-state index is -0.559. The number of likely N-dealkylation sites (N-methyl/N-ethyl adjacent to an activating group) is 1. The van der Waals surface area contributed by atoms with Gasteiger partial charge in [0.2, 0.25) is 11.8 Å². The average Bonchev–Trinajstić information content (AvgIpc) is 2.73. The van der Waals surface area contributed by atoms with Crippen molar-refractivity contribution in [3.05, 3.63) is 52.6 Å². The second-order valence-electron chi connectivity index (χ2n) is 6.27. The Balaban J connectivity index is 1.98. The van der Waals surface area contributed by atoms with E-state index in [1.807, 2.05) is 6.92 Å². The van der Waals surface area contributed by atoms with E-state index in [0.29, 0.717) is 23.7 Å². The molecule has 0 heterocycles. The van der Waals surface area contributed by atoms with Crippen molar-refractivity contribution in [2.24, 2.45) is 0 Å². The van der Waals surface area contributed by atoms with Gasteiger partial charge in [0.1, 0.15) is 11.5 Å². The molecular weight excluding hydrogens is 392 g/mol. The first-order chi connectivity index (χ1) is 14.4. The Morgan fingerprint density at radius 1 is 1.03 bits per heavy atom. The molecule has 0 aliphatic carbocycles. The van der Waals surface area contributed by atoms with Crippen molar-refractivity contribution >= 4 is 28.9 Å². The fraction of sp³-hybridized carbons (Fsp3) is 0.300. The highest BCUT2D eigenvalue weighted by atomic mass is 16.6. The molecule has 0 aromatic heterocycles. The zero-order valence-electron chi connectivity index (χ0n) is 17.0. The van der Waals surface area contributed by atoms with Gasteiger partial charge < -0.3 is 20.1 Å². The highest BCUT2D eigenvalue weighted by Crippen LogP contribution is 2.28. The molecule has 0 fully saturated rings. The molecule has 0 aliphatic rings. The van der Waals surface area contributed by atoms with E-state index in [4.69, 9.17) is 9.47 Å². The topological polar surface area (TPSA) is 123 Å². The Morgan fingerprint density at radius 3 is 2.33 bits per heavy atom. The Hall–Kier alpha value is -3.66. The number of amides is 2. The minimum absolute atomic E-state index is 0.00674. The fourth-order valence-electron chi connectivity index (χ4n) is 2.68. The van der Waals surface area contributed by atoms with Gasteiger partial charge in [-0.05, 0) is 24.7 Å². The first kappa shape index (κ1) is 22.6. The van der Waals surface area contributed by atoms with Crippen LogP contribution in [0.15, 0.2) is 42.5 Å². The molecule has 2 aromatic rings. The summed E-state index contributed by atoms with van der Waals surface area (Å²) in [4.78, 5) is 36.8. The molecule has 0 spiro atoms. The number of nitrogens with one attached hydrogen (secondary N) is 2. The summed E-state index contributed by atoms with van der Waals surface area (Å²) in [6.45, 7) is 2.19. The molecule has 0 aliphatic heterocycles. The number of anilines is 2. The predicted molar refractivity (Wildman–Crippen MR) is 112 cm³/mol. The Kier molecular flexibility index (Phi) is 8.12. The molecule has 0 bridgehead atoms. The summed E-state index contributed by atoms with van der Waals surface area (Å²) in [7, 11) is 2.94. The van der Waals surface area contributed by atoms with Crippen LogP contribution in [-0.2, 0) is 9.59 Å². The second kappa shape index (κ2) is 10.8. The molecule has 30 heavy (non-hydrogen) atoms. The number of hydrogen-bond donors (Lipinski definition) is 2.